The van der Waals surface area contributed by atoms with Crippen LogP contribution in [0.3, 0.4) is 0 Å². The van der Waals surface area contributed by atoms with Crippen molar-refractivity contribution < 1.29 is 19.0 Å². The molecule has 2 N–H and O–H groups in total. The normalized spacial score (nSPS) is 22.1. The molecule has 9 nitrogen and oxygen atoms in total. The van der Waals surface area contributed by atoms with Crippen molar-refractivity contribution in [3.05, 3.63) is 24.2 Å². The Morgan fingerprint density at radius 3 is 2.93 bits per heavy atom. The van der Waals surface area contributed by atoms with Crippen LogP contribution in [0.25, 0.3) is 5.52 Å². The lowest BCUT2D eigenvalue weighted by Gasteiger charge is -2.25. The number of ether oxygens (including phenoxy) is 3. The van der Waals surface area contributed by atoms with Crippen LogP contribution in [0, 0.1) is 0 Å². The third-order valence-electron chi connectivity index (χ3n) is 5.11. The Morgan fingerprint density at radius 2 is 2.19 bits per heavy atom. The van der Waals surface area contributed by atoms with Crippen molar-refractivity contribution in [2.24, 2.45) is 0 Å². The third kappa shape index (κ3) is 4.30. The van der Waals surface area contributed by atoms with E-state index in [0.29, 0.717) is 5.82 Å². The van der Waals surface area contributed by atoms with Crippen LogP contribution < -0.4 is 5.73 Å². The number of nitrogens with two attached hydrogens (primary N) is 1. The smallest absolute Gasteiger partial charge is 0.432 e. The Hall–Kier alpha value is -2.39. The molecule has 3 rings (SSSR count). The van der Waals surface area contributed by atoms with E-state index in [1.807, 2.05) is 45.0 Å². The number of carbonyl (C=O) groups is 1. The van der Waals surface area contributed by atoms with E-state index in [4.69, 9.17) is 19.9 Å². The van der Waals surface area contributed by atoms with Crippen molar-refractivity contribution in [3.8, 4) is 0 Å². The number of likely N-dealkylation sites (N-methyl/N-ethyl adjacent to an activating group) is 1. The minimum absolute atomic E-state index is 0.0988. The number of rotatable bonds is 6. The SMILES string of the molecule is CC(OC(=O)OCC1CCC(c2ccc3c(N)ncnn23)O1)C(C)N(C)C. The number of carbonyl (C=O) groups excluding carboxylic acids is 1. The van der Waals surface area contributed by atoms with Crippen LogP contribution in [0.2, 0.25) is 0 Å². The number of anilines is 1. The highest BCUT2D eigenvalue weighted by molar-refractivity contribution is 5.65. The first-order valence-electron chi connectivity index (χ1n) is 9.10. The summed E-state index contributed by atoms with van der Waals surface area (Å²) >= 11 is 0. The Bertz CT molecular complexity index is 793. The lowest BCUT2D eigenvalue weighted by atomic mass is 10.1. The van der Waals surface area contributed by atoms with Gasteiger partial charge in [0.25, 0.3) is 0 Å². The second-order valence-electron chi connectivity index (χ2n) is 7.11. The zero-order chi connectivity index (χ0) is 19.6. The highest BCUT2D eigenvalue weighted by atomic mass is 16.7. The fourth-order valence-corrected chi connectivity index (χ4v) is 3.13. The maximum absolute atomic E-state index is 11.9. The number of hydrogen-bond donors (Lipinski definition) is 1. The highest BCUT2D eigenvalue weighted by Crippen LogP contribution is 2.33. The minimum Gasteiger partial charge on any atom is -0.432 e. The fourth-order valence-electron chi connectivity index (χ4n) is 3.13. The van der Waals surface area contributed by atoms with Gasteiger partial charge in [-0.25, -0.2) is 14.3 Å². The van der Waals surface area contributed by atoms with Crippen molar-refractivity contribution in [2.75, 3.05) is 26.4 Å². The van der Waals surface area contributed by atoms with Gasteiger partial charge in [0, 0.05) is 6.04 Å². The van der Waals surface area contributed by atoms with Gasteiger partial charge < -0.3 is 24.8 Å². The molecule has 4 unspecified atom stereocenters. The quantitative estimate of drug-likeness (QED) is 0.763. The highest BCUT2D eigenvalue weighted by Gasteiger charge is 2.30. The molecule has 9 heteroatoms. The minimum atomic E-state index is -0.670. The summed E-state index contributed by atoms with van der Waals surface area (Å²) < 4.78 is 18.3. The fraction of sp³-hybridized carbons (Fsp3) is 0.611. The molecule has 2 aromatic heterocycles. The summed E-state index contributed by atoms with van der Waals surface area (Å²) in [6.07, 6.45) is 1.79. The van der Waals surface area contributed by atoms with Gasteiger partial charge in [-0.1, -0.05) is 0 Å². The van der Waals surface area contributed by atoms with E-state index >= 15 is 0 Å². The monoisotopic (exact) mass is 377 g/mol. The van der Waals surface area contributed by atoms with Crippen LogP contribution >= 0.6 is 0 Å². The molecule has 1 fully saturated rings. The van der Waals surface area contributed by atoms with Gasteiger partial charge in [0.05, 0.1) is 11.8 Å². The van der Waals surface area contributed by atoms with Crippen LogP contribution in [0.5, 0.6) is 0 Å². The van der Waals surface area contributed by atoms with Crippen molar-refractivity contribution in [3.63, 3.8) is 0 Å². The van der Waals surface area contributed by atoms with Gasteiger partial charge in [-0.3, -0.25) is 0 Å². The van der Waals surface area contributed by atoms with E-state index in [1.165, 1.54) is 6.33 Å². The first-order valence-corrected chi connectivity index (χ1v) is 9.10. The molecule has 0 radical (unpaired) electrons. The molecule has 0 aliphatic carbocycles. The largest absolute Gasteiger partial charge is 0.508 e. The van der Waals surface area contributed by atoms with Gasteiger partial charge in [-0.15, -0.1) is 0 Å². The summed E-state index contributed by atoms with van der Waals surface area (Å²) in [5.41, 5.74) is 7.54. The zero-order valence-electron chi connectivity index (χ0n) is 16.2. The maximum atomic E-state index is 11.9. The molecular weight excluding hydrogens is 350 g/mol. The van der Waals surface area contributed by atoms with Gasteiger partial charge in [-0.2, -0.15) is 5.10 Å². The molecule has 0 amide bonds. The second kappa shape index (κ2) is 8.10. The third-order valence-corrected chi connectivity index (χ3v) is 5.11. The van der Waals surface area contributed by atoms with Gasteiger partial charge in [0.1, 0.15) is 30.7 Å². The van der Waals surface area contributed by atoms with Crippen LogP contribution in [0.4, 0.5) is 10.6 Å². The molecule has 1 aliphatic rings. The number of hydrogen-bond acceptors (Lipinski definition) is 8. The van der Waals surface area contributed by atoms with E-state index in [-0.39, 0.29) is 31.0 Å². The molecule has 27 heavy (non-hydrogen) atoms. The second-order valence-corrected chi connectivity index (χ2v) is 7.11. The number of nitrogens with zero attached hydrogens (tertiary/aromatic N) is 4. The van der Waals surface area contributed by atoms with Crippen molar-refractivity contribution in [1.29, 1.82) is 0 Å². The van der Waals surface area contributed by atoms with E-state index < -0.39 is 6.16 Å². The average molecular weight is 377 g/mol. The molecule has 148 valence electrons. The lowest BCUT2D eigenvalue weighted by molar-refractivity contribution is -0.0336. The van der Waals surface area contributed by atoms with Crippen LogP contribution in [0.1, 0.15) is 38.5 Å². The summed E-state index contributed by atoms with van der Waals surface area (Å²) in [7, 11) is 3.87. The van der Waals surface area contributed by atoms with Gasteiger partial charge in [0.15, 0.2) is 5.82 Å². The summed E-state index contributed by atoms with van der Waals surface area (Å²) in [6.45, 7) is 4.00. The summed E-state index contributed by atoms with van der Waals surface area (Å²) in [5.74, 6) is 0.429. The first-order chi connectivity index (χ1) is 12.9. The molecule has 0 bridgehead atoms. The number of aromatic nitrogens is 3. The summed E-state index contributed by atoms with van der Waals surface area (Å²) in [5, 5.41) is 4.25. The maximum Gasteiger partial charge on any atom is 0.508 e. The Labute approximate surface area is 158 Å². The predicted octanol–water partition coefficient (Wildman–Crippen LogP) is 2.02. The van der Waals surface area contributed by atoms with Gasteiger partial charge in [-0.05, 0) is 52.9 Å². The molecular formula is C18H27N5O4. The van der Waals surface area contributed by atoms with Gasteiger partial charge in [0.2, 0.25) is 0 Å². The predicted molar refractivity (Wildman–Crippen MR) is 99.3 cm³/mol. The van der Waals surface area contributed by atoms with Crippen LogP contribution in [0.15, 0.2) is 18.5 Å². The molecule has 4 atom stereocenters. The molecule has 3 heterocycles. The van der Waals surface area contributed by atoms with Crippen molar-refractivity contribution in [1.82, 2.24) is 19.5 Å². The molecule has 1 aliphatic heterocycles. The molecule has 1 saturated heterocycles. The molecule has 2 aromatic rings. The average Bonchev–Trinajstić information content (AvgIpc) is 3.26. The Balaban J connectivity index is 1.51. The van der Waals surface area contributed by atoms with Crippen molar-refractivity contribution >= 4 is 17.5 Å². The topological polar surface area (TPSA) is 104 Å². The standard InChI is InChI=1S/C18H27N5O4/c1-11(22(3)4)12(2)26-18(24)25-9-13-5-8-16(27-13)14-6-7-15-17(19)20-10-21-23(14)15/h6-7,10-13,16H,5,8-9H2,1-4H3,(H2,19,20,21). The van der Waals surface area contributed by atoms with E-state index in [1.54, 1.807) is 4.52 Å². The van der Waals surface area contributed by atoms with Crippen LogP contribution in [-0.2, 0) is 14.2 Å². The molecule has 0 aromatic carbocycles. The molecule has 0 saturated carbocycles. The van der Waals surface area contributed by atoms with E-state index in [0.717, 1.165) is 24.1 Å². The van der Waals surface area contributed by atoms with Crippen LogP contribution in [-0.4, -0.2) is 64.6 Å². The number of fused-ring (bicyclic) bond motifs is 1. The van der Waals surface area contributed by atoms with Gasteiger partial charge >= 0.3 is 6.16 Å². The number of nitrogen functional groups attached to an aromatic ring is 1. The van der Waals surface area contributed by atoms with E-state index in [2.05, 4.69) is 10.1 Å². The van der Waals surface area contributed by atoms with E-state index in [9.17, 15) is 4.79 Å². The molecule has 0 spiro atoms. The first kappa shape index (κ1) is 19.4. The zero-order valence-corrected chi connectivity index (χ0v) is 16.2. The Morgan fingerprint density at radius 1 is 1.41 bits per heavy atom. The van der Waals surface area contributed by atoms with Crippen molar-refractivity contribution in [2.45, 2.75) is 51.0 Å². The lowest BCUT2D eigenvalue weighted by Crippen LogP contribution is -2.37. The summed E-state index contributed by atoms with van der Waals surface area (Å²) in [6, 6.07) is 3.91. The Kier molecular flexibility index (Phi) is 5.81. The summed E-state index contributed by atoms with van der Waals surface area (Å²) in [4.78, 5) is 17.9.